The Balaban J connectivity index is 1.39. The highest BCUT2D eigenvalue weighted by Gasteiger charge is 2.29. The summed E-state index contributed by atoms with van der Waals surface area (Å²) < 4.78 is 19.6. The van der Waals surface area contributed by atoms with Crippen molar-refractivity contribution >= 4 is 31.3 Å². The lowest BCUT2D eigenvalue weighted by Gasteiger charge is -2.19. The molecule has 1 amide bonds. The van der Waals surface area contributed by atoms with Gasteiger partial charge in [0.1, 0.15) is 12.6 Å². The minimum atomic E-state index is -1.02. The van der Waals surface area contributed by atoms with Gasteiger partial charge in [-0.05, 0) is 25.0 Å². The van der Waals surface area contributed by atoms with Crippen LogP contribution in [0.25, 0.3) is 11.2 Å². The summed E-state index contributed by atoms with van der Waals surface area (Å²) in [6.07, 6.45) is 5.50. The molecule has 1 saturated heterocycles. The van der Waals surface area contributed by atoms with Gasteiger partial charge in [-0.15, -0.1) is 0 Å². The van der Waals surface area contributed by atoms with Gasteiger partial charge in [0.2, 0.25) is 0 Å². The third kappa shape index (κ3) is 5.70. The highest BCUT2D eigenvalue weighted by Crippen LogP contribution is 2.40. The summed E-state index contributed by atoms with van der Waals surface area (Å²) in [6, 6.07) is 11.0. The van der Waals surface area contributed by atoms with Crippen molar-refractivity contribution in [2.45, 2.75) is 38.5 Å². The highest BCUT2D eigenvalue weighted by molar-refractivity contribution is 7.47. The van der Waals surface area contributed by atoms with Crippen LogP contribution < -0.4 is 5.32 Å². The van der Waals surface area contributed by atoms with Crippen LogP contribution in [0.3, 0.4) is 0 Å². The number of hydrogen-bond acceptors (Lipinski definition) is 8. The van der Waals surface area contributed by atoms with E-state index in [1.54, 1.807) is 30.6 Å². The van der Waals surface area contributed by atoms with Crippen LogP contribution in [0.4, 0.5) is 5.82 Å². The number of fused-ring (bicyclic) bond motifs is 1. The van der Waals surface area contributed by atoms with Gasteiger partial charge < -0.3 is 19.1 Å². The molecule has 2 aromatic heterocycles. The van der Waals surface area contributed by atoms with Crippen LogP contribution in [-0.4, -0.2) is 50.9 Å². The molecule has 3 aromatic rings. The van der Waals surface area contributed by atoms with E-state index in [0.717, 1.165) is 19.0 Å². The van der Waals surface area contributed by atoms with Crippen molar-refractivity contribution in [3.05, 3.63) is 48.5 Å². The van der Waals surface area contributed by atoms with E-state index in [0.29, 0.717) is 42.2 Å². The van der Waals surface area contributed by atoms with E-state index in [4.69, 9.17) is 19.0 Å². The normalized spacial score (nSPS) is 18.8. The first-order valence-corrected chi connectivity index (χ1v) is 12.2. The second kappa shape index (κ2) is 11.3. The number of imidazole rings is 1. The maximum atomic E-state index is 12.5. The number of carbonyl (C=O) groups is 1. The van der Waals surface area contributed by atoms with Crippen LogP contribution in [0, 0.1) is 11.3 Å². The fourth-order valence-corrected chi connectivity index (χ4v) is 4.58. The van der Waals surface area contributed by atoms with Crippen molar-refractivity contribution in [2.24, 2.45) is 0 Å². The maximum absolute atomic E-state index is 12.5. The summed E-state index contributed by atoms with van der Waals surface area (Å²) in [5, 5.41) is 11.5. The zero-order valence-corrected chi connectivity index (χ0v) is 19.1. The van der Waals surface area contributed by atoms with Gasteiger partial charge in [-0.2, -0.15) is 5.26 Å². The van der Waals surface area contributed by atoms with Crippen molar-refractivity contribution in [1.82, 2.24) is 19.5 Å². The molecule has 0 radical (unpaired) electrons. The van der Waals surface area contributed by atoms with Gasteiger partial charge in [0.05, 0.1) is 38.1 Å². The van der Waals surface area contributed by atoms with Gasteiger partial charge in [0, 0.05) is 11.7 Å². The minimum Gasteiger partial charge on any atom is -0.352 e. The van der Waals surface area contributed by atoms with Crippen molar-refractivity contribution < 1.29 is 18.6 Å². The first-order valence-electron chi connectivity index (χ1n) is 10.8. The van der Waals surface area contributed by atoms with E-state index >= 15 is 0 Å². The second-order valence-corrected chi connectivity index (χ2v) is 9.16. The summed E-state index contributed by atoms with van der Waals surface area (Å²) in [5.41, 5.74) is 1.63. The van der Waals surface area contributed by atoms with E-state index in [1.807, 2.05) is 17.6 Å². The number of ether oxygens (including phenoxy) is 1. The number of nitriles is 1. The lowest BCUT2D eigenvalue weighted by atomic mass is 10.2. The predicted molar refractivity (Wildman–Crippen MR) is 122 cm³/mol. The molecule has 1 fully saturated rings. The molecule has 33 heavy (non-hydrogen) atoms. The van der Waals surface area contributed by atoms with Crippen molar-refractivity contribution in [3.8, 4) is 6.07 Å². The number of carbonyl (C=O) groups excluding carboxylic acids is 1. The van der Waals surface area contributed by atoms with Crippen LogP contribution >= 0.6 is 8.38 Å². The summed E-state index contributed by atoms with van der Waals surface area (Å²) >= 11 is 0. The van der Waals surface area contributed by atoms with E-state index in [2.05, 4.69) is 26.3 Å². The Morgan fingerprint density at radius 1 is 1.27 bits per heavy atom. The molecule has 1 N–H and O–H groups in total. The average Bonchev–Trinajstić information content (AvgIpc) is 3.49. The van der Waals surface area contributed by atoms with Crippen molar-refractivity contribution in [2.75, 3.05) is 24.7 Å². The molecule has 4 rings (SSSR count). The van der Waals surface area contributed by atoms with Gasteiger partial charge >= 0.3 is 0 Å². The molecule has 0 bridgehead atoms. The molecule has 3 unspecified atom stereocenters. The molecule has 0 saturated carbocycles. The third-order valence-corrected chi connectivity index (χ3v) is 6.56. The molecule has 3 atom stereocenters. The lowest BCUT2D eigenvalue weighted by molar-refractivity contribution is -0.0162. The third-order valence-electron chi connectivity index (χ3n) is 5.13. The molecule has 1 aliphatic rings. The molecular formula is C22H25N6O4P. The minimum absolute atomic E-state index is 0.0670. The molecule has 172 valence electrons. The average molecular weight is 468 g/mol. The number of hydrogen-bond donors (Lipinski definition) is 1. The molecular weight excluding hydrogens is 443 g/mol. The number of anilines is 1. The Kier molecular flexibility index (Phi) is 7.92. The van der Waals surface area contributed by atoms with E-state index < -0.39 is 8.38 Å². The van der Waals surface area contributed by atoms with Crippen LogP contribution in [0.2, 0.25) is 0 Å². The molecule has 10 nitrogen and oxygen atoms in total. The lowest BCUT2D eigenvalue weighted by Crippen LogP contribution is -2.16. The predicted octanol–water partition coefficient (Wildman–Crippen LogP) is 4.03. The Hall–Kier alpha value is -2.96. The van der Waals surface area contributed by atoms with Gasteiger partial charge in [0.25, 0.3) is 5.91 Å². The fraction of sp³-hybridized carbons (Fsp3) is 0.409. The Morgan fingerprint density at radius 2 is 2.12 bits per heavy atom. The van der Waals surface area contributed by atoms with Crippen LogP contribution in [0.15, 0.2) is 43.0 Å². The highest BCUT2D eigenvalue weighted by atomic mass is 31.2. The summed E-state index contributed by atoms with van der Waals surface area (Å²) in [5.74, 6) is 0.0949. The van der Waals surface area contributed by atoms with Crippen LogP contribution in [0.5, 0.6) is 0 Å². The number of amides is 1. The second-order valence-electron chi connectivity index (χ2n) is 7.34. The number of nitrogens with zero attached hydrogens (tertiary/aromatic N) is 5. The quantitative estimate of drug-likeness (QED) is 0.349. The van der Waals surface area contributed by atoms with Crippen molar-refractivity contribution in [3.63, 3.8) is 0 Å². The van der Waals surface area contributed by atoms with Crippen LogP contribution in [0.1, 0.15) is 42.8 Å². The molecule has 1 aromatic carbocycles. The smallest absolute Gasteiger partial charge is 0.256 e. The number of aromatic nitrogens is 4. The molecule has 1 aliphatic heterocycles. The largest absolute Gasteiger partial charge is 0.352 e. The Bertz CT molecular complexity index is 1120. The number of rotatable bonds is 10. The van der Waals surface area contributed by atoms with E-state index in [1.165, 1.54) is 6.33 Å². The SMILES string of the molecule is CCP(OCCC#N)OCC1CCC(n2cnc3c(NC(=O)c4ccccc4)ncnc32)O1. The zero-order chi connectivity index (χ0) is 23.0. The van der Waals surface area contributed by atoms with Crippen LogP contribution in [-0.2, 0) is 13.8 Å². The Morgan fingerprint density at radius 3 is 2.91 bits per heavy atom. The maximum Gasteiger partial charge on any atom is 0.256 e. The summed E-state index contributed by atoms with van der Waals surface area (Å²) in [7, 11) is -1.02. The van der Waals surface area contributed by atoms with Gasteiger partial charge in [-0.1, -0.05) is 25.1 Å². The van der Waals surface area contributed by atoms with E-state index in [9.17, 15) is 4.79 Å². The molecule has 3 heterocycles. The molecule has 11 heteroatoms. The Labute approximate surface area is 192 Å². The molecule has 0 aliphatic carbocycles. The van der Waals surface area contributed by atoms with Gasteiger partial charge in [-0.3, -0.25) is 9.36 Å². The first-order chi connectivity index (χ1) is 16.2. The number of benzene rings is 1. The van der Waals surface area contributed by atoms with Gasteiger partial charge in [0.15, 0.2) is 25.4 Å². The fourth-order valence-electron chi connectivity index (χ4n) is 3.52. The van der Waals surface area contributed by atoms with Crippen molar-refractivity contribution in [1.29, 1.82) is 5.26 Å². The monoisotopic (exact) mass is 468 g/mol. The topological polar surface area (TPSA) is 124 Å². The van der Waals surface area contributed by atoms with Gasteiger partial charge in [-0.25, -0.2) is 15.0 Å². The summed E-state index contributed by atoms with van der Waals surface area (Å²) in [4.78, 5) is 25.5. The summed E-state index contributed by atoms with van der Waals surface area (Å²) in [6.45, 7) is 2.82. The molecule has 0 spiro atoms. The first kappa shape index (κ1) is 23.2. The van der Waals surface area contributed by atoms with E-state index in [-0.39, 0.29) is 18.2 Å². The zero-order valence-electron chi connectivity index (χ0n) is 18.3. The standard InChI is InChI=1S/C22H25N6O4P/c1-2-33(30-12-6-11-23)31-13-17-9-10-18(32-17)28-15-26-19-20(24-14-25-21(19)28)27-22(29)16-7-4-3-5-8-16/h3-5,7-8,14-15,17-18H,2,6,9-10,12-13H2,1H3,(H,24,25,27,29). The number of nitrogens with one attached hydrogen (secondary N) is 1.